The molecule has 4 atom stereocenters. The van der Waals surface area contributed by atoms with Crippen LogP contribution in [0.15, 0.2) is 12.1 Å². The number of hydrogen-bond donors (Lipinski definition) is 1. The van der Waals surface area contributed by atoms with Gasteiger partial charge in [-0.15, -0.1) is 0 Å². The third kappa shape index (κ3) is 3.43. The Morgan fingerprint density at radius 1 is 0.946 bits per heavy atom. The highest BCUT2D eigenvalue weighted by Crippen LogP contribution is 2.69. The topological polar surface area (TPSA) is 175 Å². The second-order valence-corrected chi connectivity index (χ2v) is 10.1. The summed E-state index contributed by atoms with van der Waals surface area (Å²) in [6, 6.07) is 8.66. The van der Waals surface area contributed by atoms with E-state index < -0.39 is 45.1 Å². The molecule has 37 heavy (non-hydrogen) atoms. The molecule has 0 amide bonds. The number of nitro groups is 1. The molecule has 3 heterocycles. The molecule has 2 saturated heterocycles. The number of nitro benzene ring substituents is 1. The monoisotopic (exact) mass is 505 g/mol. The predicted molar refractivity (Wildman–Crippen MR) is 126 cm³/mol. The molecule has 1 N–H and O–H groups in total. The van der Waals surface area contributed by atoms with E-state index in [4.69, 9.17) is 24.4 Å². The van der Waals surface area contributed by atoms with Crippen molar-refractivity contribution >= 4 is 11.6 Å². The molecule has 4 aliphatic rings. The van der Waals surface area contributed by atoms with E-state index in [1.807, 2.05) is 12.1 Å². The van der Waals surface area contributed by atoms with Gasteiger partial charge in [-0.05, 0) is 18.9 Å². The summed E-state index contributed by atoms with van der Waals surface area (Å²) in [6.45, 7) is -0.134. The smallest absolute Gasteiger partial charge is 0.279 e. The number of benzene rings is 1. The van der Waals surface area contributed by atoms with Gasteiger partial charge in [0.15, 0.2) is 16.9 Å². The van der Waals surface area contributed by atoms with Crippen molar-refractivity contribution in [1.29, 1.82) is 21.2 Å². The van der Waals surface area contributed by atoms with E-state index in [1.165, 1.54) is 12.1 Å². The number of nitrogens with zero attached hydrogens (tertiary/aromatic N) is 4. The van der Waals surface area contributed by atoms with Crippen molar-refractivity contribution in [2.24, 2.45) is 16.7 Å². The zero-order valence-corrected chi connectivity index (χ0v) is 20.3. The number of nitriles is 3. The summed E-state index contributed by atoms with van der Waals surface area (Å²) in [7, 11) is 0. The van der Waals surface area contributed by atoms with E-state index in [0.29, 0.717) is 19.3 Å². The first-order valence-electron chi connectivity index (χ1n) is 12.7. The third-order valence-corrected chi connectivity index (χ3v) is 8.32. The number of ether oxygens (including phenoxy) is 4. The fourth-order valence-electron chi connectivity index (χ4n) is 6.52. The van der Waals surface area contributed by atoms with Crippen LogP contribution in [0.5, 0.6) is 11.5 Å². The Morgan fingerprint density at radius 2 is 1.57 bits per heavy atom. The molecule has 11 heteroatoms. The normalized spacial score (nSPS) is 32.3. The highest BCUT2D eigenvalue weighted by atomic mass is 16.7. The number of rotatable bonds is 2. The molecule has 5 rings (SSSR count). The molecular weight excluding hydrogens is 478 g/mol. The summed E-state index contributed by atoms with van der Waals surface area (Å²) in [5, 5.41) is 52.7. The van der Waals surface area contributed by atoms with E-state index in [-0.39, 0.29) is 23.9 Å². The fraction of sp³-hybridized carbons (Fsp3) is 0.615. The van der Waals surface area contributed by atoms with Crippen LogP contribution >= 0.6 is 0 Å². The summed E-state index contributed by atoms with van der Waals surface area (Å²) < 4.78 is 23.4. The van der Waals surface area contributed by atoms with Gasteiger partial charge in [-0.25, -0.2) is 0 Å². The molecule has 1 saturated carbocycles. The Labute approximate surface area is 214 Å². The Morgan fingerprint density at radius 3 is 2.19 bits per heavy atom. The van der Waals surface area contributed by atoms with Crippen LogP contribution in [0.1, 0.15) is 75.9 Å². The molecule has 4 unspecified atom stereocenters. The molecule has 1 aliphatic carbocycles. The quantitative estimate of drug-likeness (QED) is 0.419. The van der Waals surface area contributed by atoms with E-state index >= 15 is 0 Å². The molecule has 192 valence electrons. The molecule has 2 bridgehead atoms. The first-order chi connectivity index (χ1) is 17.9. The molecular formula is C26H27N5O6. The standard InChI is InChI=1S/C26H27N5O6/c27-13-24(14-28)22(17-11-19-20(35-16-34-19)12-18(17)31(32)33)36-26-10-8-6-4-2-1-3-5-7-9-21(26)25(24,15-29)23(30)37-26/h11-12,21-22,30H,1-10,16H2. The van der Waals surface area contributed by atoms with Gasteiger partial charge in [-0.1, -0.05) is 44.9 Å². The Hall–Kier alpha value is -3.88. The average Bonchev–Trinajstić information content (AvgIpc) is 3.42. The van der Waals surface area contributed by atoms with Crippen molar-refractivity contribution in [2.45, 2.75) is 76.1 Å². The summed E-state index contributed by atoms with van der Waals surface area (Å²) in [5.41, 5.74) is -4.75. The lowest BCUT2D eigenvalue weighted by Gasteiger charge is -2.50. The maximum atomic E-state index is 12.1. The molecule has 11 nitrogen and oxygen atoms in total. The number of hydrogen-bond acceptors (Lipinski definition) is 10. The predicted octanol–water partition coefficient (Wildman–Crippen LogP) is 5.17. The van der Waals surface area contributed by atoms with Crippen LogP contribution in [-0.4, -0.2) is 23.4 Å². The van der Waals surface area contributed by atoms with Crippen LogP contribution in [0, 0.1) is 66.3 Å². The molecule has 0 spiro atoms. The molecule has 0 radical (unpaired) electrons. The minimum Gasteiger partial charge on any atom is -0.454 e. The molecule has 1 aromatic carbocycles. The first kappa shape index (κ1) is 24.8. The van der Waals surface area contributed by atoms with E-state index in [9.17, 15) is 25.9 Å². The van der Waals surface area contributed by atoms with Crippen LogP contribution in [0.2, 0.25) is 0 Å². The van der Waals surface area contributed by atoms with Gasteiger partial charge in [-0.2, -0.15) is 15.8 Å². The zero-order chi connectivity index (χ0) is 26.3. The highest BCUT2D eigenvalue weighted by Gasteiger charge is 2.80. The largest absolute Gasteiger partial charge is 0.454 e. The second kappa shape index (κ2) is 9.21. The summed E-state index contributed by atoms with van der Waals surface area (Å²) in [6.07, 6.45) is 6.74. The molecule has 0 aromatic heterocycles. The Kier molecular flexibility index (Phi) is 6.17. The van der Waals surface area contributed by atoms with Crippen LogP contribution in [-0.2, 0) is 9.47 Å². The fourth-order valence-corrected chi connectivity index (χ4v) is 6.52. The van der Waals surface area contributed by atoms with Crippen molar-refractivity contribution in [2.75, 3.05) is 6.79 Å². The first-order valence-corrected chi connectivity index (χ1v) is 12.7. The van der Waals surface area contributed by atoms with E-state index in [0.717, 1.165) is 44.9 Å². The lowest BCUT2D eigenvalue weighted by atomic mass is 9.52. The van der Waals surface area contributed by atoms with Crippen molar-refractivity contribution in [1.82, 2.24) is 0 Å². The second-order valence-electron chi connectivity index (χ2n) is 10.1. The third-order valence-electron chi connectivity index (χ3n) is 8.32. The van der Waals surface area contributed by atoms with Gasteiger partial charge < -0.3 is 18.9 Å². The SMILES string of the molecule is N#CC1(C#N)C(c2cc3c(cc2[N+](=O)[O-])OCO3)OC23CCCCCCCCCCC2C1(C#N)C(=N)O3. The zero-order valence-electron chi connectivity index (χ0n) is 20.3. The Balaban J connectivity index is 1.73. The number of nitrogens with one attached hydrogen (secondary N) is 1. The van der Waals surface area contributed by atoms with Crippen molar-refractivity contribution in [3.8, 4) is 29.7 Å². The minimum atomic E-state index is -2.28. The Bertz CT molecular complexity index is 1250. The van der Waals surface area contributed by atoms with Crippen molar-refractivity contribution < 1.29 is 23.9 Å². The van der Waals surface area contributed by atoms with Crippen LogP contribution in [0.25, 0.3) is 0 Å². The minimum absolute atomic E-state index is 0.0841. The van der Waals surface area contributed by atoms with E-state index in [1.54, 1.807) is 0 Å². The summed E-state index contributed by atoms with van der Waals surface area (Å²) in [4.78, 5) is 11.5. The van der Waals surface area contributed by atoms with Crippen LogP contribution in [0.3, 0.4) is 0 Å². The van der Waals surface area contributed by atoms with Gasteiger partial charge >= 0.3 is 0 Å². The van der Waals surface area contributed by atoms with E-state index in [2.05, 4.69) is 6.07 Å². The van der Waals surface area contributed by atoms with Gasteiger partial charge in [0.2, 0.25) is 23.9 Å². The van der Waals surface area contributed by atoms with Crippen molar-refractivity contribution in [3.63, 3.8) is 0 Å². The van der Waals surface area contributed by atoms with Crippen LogP contribution in [0.4, 0.5) is 5.69 Å². The average molecular weight is 506 g/mol. The maximum Gasteiger partial charge on any atom is 0.279 e. The molecule has 3 aliphatic heterocycles. The number of fused-ring (bicyclic) bond motifs is 1. The van der Waals surface area contributed by atoms with Gasteiger partial charge in [-0.3, -0.25) is 15.5 Å². The van der Waals surface area contributed by atoms with Gasteiger partial charge in [0, 0.05) is 6.42 Å². The summed E-state index contributed by atoms with van der Waals surface area (Å²) in [5.74, 6) is -2.32. The lowest BCUT2D eigenvalue weighted by Crippen LogP contribution is -2.59. The van der Waals surface area contributed by atoms with Crippen molar-refractivity contribution in [3.05, 3.63) is 27.8 Å². The van der Waals surface area contributed by atoms with Crippen LogP contribution < -0.4 is 9.47 Å². The summed E-state index contributed by atoms with van der Waals surface area (Å²) >= 11 is 0. The molecule has 1 aromatic rings. The van der Waals surface area contributed by atoms with Gasteiger partial charge in [0.25, 0.3) is 5.69 Å². The van der Waals surface area contributed by atoms with Gasteiger partial charge in [0.05, 0.1) is 40.7 Å². The molecule has 3 fully saturated rings. The maximum absolute atomic E-state index is 12.1. The lowest BCUT2D eigenvalue weighted by molar-refractivity contribution is -0.387. The van der Waals surface area contributed by atoms with Gasteiger partial charge in [0.1, 0.15) is 6.10 Å². The highest BCUT2D eigenvalue weighted by molar-refractivity contribution is 5.89.